The average Bonchev–Trinajstić information content (AvgIpc) is 2.29. The molecule has 0 aromatic rings. The Morgan fingerprint density at radius 1 is 1.38 bits per heavy atom. The Hall–Kier alpha value is 0.943. The quantitative estimate of drug-likeness (QED) is 0.733. The molecule has 0 bridgehead atoms. The molecule has 0 saturated heterocycles. The number of hydrogen-bond donors (Lipinski definition) is 0. The van der Waals surface area contributed by atoms with Crippen molar-refractivity contribution in [1.82, 2.24) is 0 Å². The van der Waals surface area contributed by atoms with E-state index in [0.717, 1.165) is 0 Å². The van der Waals surface area contributed by atoms with Crippen LogP contribution in [0.15, 0.2) is 20.5 Å². The second-order valence-corrected chi connectivity index (χ2v) is 4.64. The van der Waals surface area contributed by atoms with Crippen molar-refractivity contribution in [2.75, 3.05) is 0 Å². The summed E-state index contributed by atoms with van der Waals surface area (Å²) in [7, 11) is 0. The van der Waals surface area contributed by atoms with E-state index in [-0.39, 0.29) is 24.8 Å². The third kappa shape index (κ3) is 4.81. The Labute approximate surface area is 109 Å². The fourth-order valence-electron chi connectivity index (χ4n) is 1.44. The van der Waals surface area contributed by atoms with Gasteiger partial charge in [0.15, 0.2) is 0 Å². The van der Waals surface area contributed by atoms with Crippen LogP contribution in [0.2, 0.25) is 0 Å². The van der Waals surface area contributed by atoms with Gasteiger partial charge in [0, 0.05) is 0 Å². The van der Waals surface area contributed by atoms with Gasteiger partial charge in [-0.05, 0) is 0 Å². The summed E-state index contributed by atoms with van der Waals surface area (Å²) in [4.78, 5) is 0. The van der Waals surface area contributed by atoms with Crippen molar-refractivity contribution >= 4 is 24.8 Å². The van der Waals surface area contributed by atoms with Crippen LogP contribution < -0.4 is 0 Å². The number of halogens is 2. The SMILES string of the molecule is CCCCC1=[C]([Zr])CC=C1C.Cl.Cl. The minimum atomic E-state index is 0. The van der Waals surface area contributed by atoms with Gasteiger partial charge >= 0.3 is 84.8 Å². The molecule has 0 nitrogen and oxygen atoms in total. The molecule has 1 aliphatic carbocycles. The van der Waals surface area contributed by atoms with Crippen LogP contribution in [0, 0.1) is 0 Å². The van der Waals surface area contributed by atoms with Gasteiger partial charge in [-0.2, -0.15) is 0 Å². The molecule has 0 spiro atoms. The van der Waals surface area contributed by atoms with E-state index in [4.69, 9.17) is 0 Å². The van der Waals surface area contributed by atoms with Gasteiger partial charge in [-0.15, -0.1) is 24.8 Å². The molecule has 13 heavy (non-hydrogen) atoms. The molecule has 75 valence electrons. The second kappa shape index (κ2) is 8.27. The zero-order chi connectivity index (χ0) is 8.27. The standard InChI is InChI=1S/C10H15.2ClH.Zr/c1-3-4-7-10-8-5-6-9(10)2;;;/h6H,3-5,7H2,1-2H3;2*1H;. The van der Waals surface area contributed by atoms with Crippen molar-refractivity contribution in [3.63, 3.8) is 0 Å². The first-order valence-corrected chi connectivity index (χ1v) is 5.59. The van der Waals surface area contributed by atoms with Crippen molar-refractivity contribution in [2.24, 2.45) is 0 Å². The molecule has 0 heterocycles. The van der Waals surface area contributed by atoms with E-state index in [2.05, 4.69) is 19.9 Å². The van der Waals surface area contributed by atoms with E-state index in [1.165, 1.54) is 25.7 Å². The Morgan fingerprint density at radius 2 is 2.00 bits per heavy atom. The first-order valence-electron chi connectivity index (χ1n) is 4.36. The van der Waals surface area contributed by atoms with E-state index in [1.807, 2.05) is 0 Å². The minimum Gasteiger partial charge on any atom is -0.147 e. The van der Waals surface area contributed by atoms with Crippen molar-refractivity contribution in [2.45, 2.75) is 39.5 Å². The molecular weight excluding hydrogens is 282 g/mol. The van der Waals surface area contributed by atoms with Crippen LogP contribution >= 0.6 is 24.8 Å². The van der Waals surface area contributed by atoms with Gasteiger partial charge in [-0.3, -0.25) is 0 Å². The molecule has 0 aliphatic heterocycles. The molecule has 0 fully saturated rings. The maximum Gasteiger partial charge on any atom is -0.147 e. The minimum absolute atomic E-state index is 0. The Bertz CT molecular complexity index is 207. The van der Waals surface area contributed by atoms with Crippen LogP contribution in [0.5, 0.6) is 0 Å². The molecule has 0 aromatic heterocycles. The first-order chi connectivity index (χ1) is 5.25. The maximum atomic E-state index is 2.37. The predicted molar refractivity (Wildman–Crippen MR) is 59.4 cm³/mol. The van der Waals surface area contributed by atoms with Gasteiger partial charge in [-0.1, -0.05) is 0 Å². The fourth-order valence-corrected chi connectivity index (χ4v) is 2.48. The Balaban J connectivity index is 0. The van der Waals surface area contributed by atoms with Crippen molar-refractivity contribution in [1.29, 1.82) is 0 Å². The third-order valence-electron chi connectivity index (χ3n) is 2.23. The van der Waals surface area contributed by atoms with Crippen LogP contribution in [-0.2, 0) is 24.7 Å². The zero-order valence-electron chi connectivity index (χ0n) is 8.22. The number of allylic oxidation sites excluding steroid dienone is 4. The molecule has 3 heteroatoms. The van der Waals surface area contributed by atoms with Gasteiger partial charge in [-0.25, -0.2) is 0 Å². The normalized spacial score (nSPS) is 14.7. The van der Waals surface area contributed by atoms with Crippen molar-refractivity contribution in [3.8, 4) is 0 Å². The summed E-state index contributed by atoms with van der Waals surface area (Å²) < 4.78 is 1.68. The molecule has 0 unspecified atom stereocenters. The predicted octanol–water partition coefficient (Wildman–Crippen LogP) is 4.17. The number of unbranched alkanes of at least 4 members (excludes halogenated alkanes) is 1. The maximum absolute atomic E-state index is 2.37. The molecule has 0 aromatic carbocycles. The largest absolute Gasteiger partial charge is 0.147 e. The van der Waals surface area contributed by atoms with Gasteiger partial charge in [0.2, 0.25) is 0 Å². The summed E-state index contributed by atoms with van der Waals surface area (Å²) >= 11 is 1.62. The van der Waals surface area contributed by atoms with E-state index in [9.17, 15) is 0 Å². The second-order valence-electron chi connectivity index (χ2n) is 3.15. The molecule has 0 N–H and O–H groups in total. The smallest absolute Gasteiger partial charge is 0.147 e. The Morgan fingerprint density at radius 3 is 2.38 bits per heavy atom. The van der Waals surface area contributed by atoms with Crippen molar-refractivity contribution < 1.29 is 24.7 Å². The Kier molecular flexibility index (Phi) is 10.4. The number of hydrogen-bond acceptors (Lipinski definition) is 0. The topological polar surface area (TPSA) is 0 Å². The summed E-state index contributed by atoms with van der Waals surface area (Å²) in [5, 5.41) is 0. The van der Waals surface area contributed by atoms with Crippen LogP contribution in [0.25, 0.3) is 0 Å². The van der Waals surface area contributed by atoms with Crippen LogP contribution in [0.4, 0.5) is 0 Å². The molecule has 1 rings (SSSR count). The summed E-state index contributed by atoms with van der Waals surface area (Å²) in [5.41, 5.74) is 3.22. The summed E-state index contributed by atoms with van der Waals surface area (Å²) in [6.45, 7) is 4.51. The van der Waals surface area contributed by atoms with E-state index in [0.29, 0.717) is 0 Å². The van der Waals surface area contributed by atoms with Gasteiger partial charge in [0.05, 0.1) is 0 Å². The zero-order valence-corrected chi connectivity index (χ0v) is 12.3. The summed E-state index contributed by atoms with van der Waals surface area (Å²) in [6.07, 6.45) is 7.61. The molecule has 1 aliphatic rings. The van der Waals surface area contributed by atoms with Gasteiger partial charge < -0.3 is 0 Å². The fraction of sp³-hybridized carbons (Fsp3) is 0.600. The summed E-state index contributed by atoms with van der Waals surface area (Å²) in [6, 6.07) is 0. The van der Waals surface area contributed by atoms with Crippen molar-refractivity contribution in [3.05, 3.63) is 20.5 Å². The van der Waals surface area contributed by atoms with Gasteiger partial charge in [0.25, 0.3) is 0 Å². The molecular formula is C10H17Cl2Zr. The first kappa shape index (κ1) is 16.4. The molecule has 0 radical (unpaired) electrons. The third-order valence-corrected chi connectivity index (χ3v) is 3.48. The van der Waals surface area contributed by atoms with E-state index in [1.54, 1.807) is 39.1 Å². The number of rotatable bonds is 3. The summed E-state index contributed by atoms with van der Waals surface area (Å²) in [5.74, 6) is 0. The average molecular weight is 299 g/mol. The molecule has 0 atom stereocenters. The van der Waals surface area contributed by atoms with Gasteiger partial charge in [0.1, 0.15) is 0 Å². The van der Waals surface area contributed by atoms with E-state index < -0.39 is 0 Å². The van der Waals surface area contributed by atoms with Crippen LogP contribution in [-0.4, -0.2) is 0 Å². The van der Waals surface area contributed by atoms with E-state index >= 15 is 0 Å². The molecule has 0 amide bonds. The van der Waals surface area contributed by atoms with Crippen LogP contribution in [0.1, 0.15) is 39.5 Å². The monoisotopic (exact) mass is 297 g/mol. The van der Waals surface area contributed by atoms with Crippen LogP contribution in [0.3, 0.4) is 0 Å². The molecule has 0 saturated carbocycles.